The van der Waals surface area contributed by atoms with Crippen LogP contribution in [0.25, 0.3) is 0 Å². The third-order valence-corrected chi connectivity index (χ3v) is 0.958. The zero-order valence-corrected chi connectivity index (χ0v) is 9.46. The molecule has 0 spiro atoms. The predicted octanol–water partition coefficient (Wildman–Crippen LogP) is 1.51. The number of aromatic nitrogens is 1. The second-order valence-electron chi connectivity index (χ2n) is 1.74. The summed E-state index contributed by atoms with van der Waals surface area (Å²) >= 11 is 0. The number of nitrogens with zero attached hydrogens (tertiary/aromatic N) is 2. The topological polar surface area (TPSA) is 36.7 Å². The molecule has 1 aromatic rings. The van der Waals surface area contributed by atoms with Gasteiger partial charge in [0.1, 0.15) is 0 Å². The van der Waals surface area contributed by atoms with Crippen LogP contribution in [0.4, 0.5) is 0 Å². The number of aryl methyl sites for hydroxylation is 1. The third kappa shape index (κ3) is 4.24. The van der Waals surface area contributed by atoms with Gasteiger partial charge in [0.05, 0.1) is 6.07 Å². The average Bonchev–Trinajstić information content (AvgIpc) is 1.90. The maximum Gasteiger partial charge on any atom is 0.0501 e. The molecule has 1 radical (unpaired) electrons. The van der Waals surface area contributed by atoms with Crippen molar-refractivity contribution >= 4 is 0 Å². The molecule has 0 aliphatic rings. The molecule has 2 nitrogen and oxygen atoms in total. The molecule has 1 aromatic heterocycles. The van der Waals surface area contributed by atoms with Crippen LogP contribution in [0, 0.1) is 31.9 Å². The van der Waals surface area contributed by atoms with Crippen molar-refractivity contribution in [3.05, 3.63) is 37.0 Å². The Hall–Kier alpha value is -0.256. The van der Waals surface area contributed by atoms with Gasteiger partial charge in [-0.05, 0) is 0 Å². The fourth-order valence-electron chi connectivity index (χ4n) is 0.489. The molecule has 0 unspecified atom stereocenters. The van der Waals surface area contributed by atoms with Crippen molar-refractivity contribution < 1.29 is 32.7 Å². The van der Waals surface area contributed by atoms with E-state index >= 15 is 0 Å². The fourth-order valence-corrected chi connectivity index (χ4v) is 0.489. The Morgan fingerprint density at radius 1 is 1.55 bits per heavy atom. The Morgan fingerprint density at radius 2 is 2.18 bits per heavy atom. The van der Waals surface area contributed by atoms with E-state index in [0.29, 0.717) is 5.69 Å². The Kier molecular flexibility index (Phi) is 7.83. The van der Waals surface area contributed by atoms with Crippen molar-refractivity contribution in [1.82, 2.24) is 4.98 Å². The van der Waals surface area contributed by atoms with Gasteiger partial charge in [-0.15, -0.1) is 11.6 Å². The van der Waals surface area contributed by atoms with Gasteiger partial charge in [-0.2, -0.15) is 6.07 Å². The molecule has 1 heterocycles. The monoisotopic (exact) mass is 221 g/mol. The van der Waals surface area contributed by atoms with E-state index in [4.69, 9.17) is 5.26 Å². The zero-order valence-electron chi connectivity index (χ0n) is 6.63. The molecular formula is C8H8N2Y-2. The number of nitriles is 1. The summed E-state index contributed by atoms with van der Waals surface area (Å²) in [6, 6.07) is 5.40. The van der Waals surface area contributed by atoms with Gasteiger partial charge in [-0.1, -0.05) is 13.1 Å². The van der Waals surface area contributed by atoms with E-state index in [1.807, 2.05) is 19.1 Å². The van der Waals surface area contributed by atoms with Crippen LogP contribution in [-0.2, 0) is 32.7 Å². The maximum atomic E-state index is 8.30. The SMILES string of the molecule is Cc1[c-]nc(C#N)cc1.[CH3-].[Y]. The largest absolute Gasteiger partial charge is 0.376 e. The normalized spacial score (nSPS) is 6.91. The van der Waals surface area contributed by atoms with Gasteiger partial charge < -0.3 is 12.4 Å². The molecular weight excluding hydrogens is 213 g/mol. The minimum Gasteiger partial charge on any atom is -0.376 e. The fraction of sp³-hybridized carbons (Fsp3) is 0.125. The Balaban J connectivity index is 0. The summed E-state index contributed by atoms with van der Waals surface area (Å²) in [5, 5.41) is 8.30. The van der Waals surface area contributed by atoms with E-state index in [1.54, 1.807) is 6.07 Å². The third-order valence-electron chi connectivity index (χ3n) is 0.958. The van der Waals surface area contributed by atoms with Crippen molar-refractivity contribution in [3.63, 3.8) is 0 Å². The standard InChI is InChI=1S/C7H5N2.CH3.Y/c1-6-2-3-7(4-8)9-5-6;;/h2-3H,1H3;1H3;/q2*-1;. The van der Waals surface area contributed by atoms with E-state index in [-0.39, 0.29) is 40.1 Å². The molecule has 3 heteroatoms. The molecule has 0 saturated heterocycles. The smallest absolute Gasteiger partial charge is 0.0501 e. The van der Waals surface area contributed by atoms with Crippen molar-refractivity contribution in [2.75, 3.05) is 0 Å². The van der Waals surface area contributed by atoms with Gasteiger partial charge in [0.25, 0.3) is 0 Å². The van der Waals surface area contributed by atoms with Gasteiger partial charge in [0, 0.05) is 38.4 Å². The number of hydrogen-bond acceptors (Lipinski definition) is 2. The quantitative estimate of drug-likeness (QED) is 0.622. The molecule has 0 amide bonds. The summed E-state index contributed by atoms with van der Waals surface area (Å²) in [6.45, 7) is 1.88. The van der Waals surface area contributed by atoms with Gasteiger partial charge >= 0.3 is 0 Å². The van der Waals surface area contributed by atoms with Crippen LogP contribution < -0.4 is 0 Å². The predicted molar refractivity (Wildman–Crippen MR) is 38.9 cm³/mol. The van der Waals surface area contributed by atoms with Gasteiger partial charge in [0.15, 0.2) is 0 Å². The van der Waals surface area contributed by atoms with Crippen LogP contribution >= 0.6 is 0 Å². The van der Waals surface area contributed by atoms with Gasteiger partial charge in [-0.25, -0.2) is 5.26 Å². The number of pyridine rings is 1. The van der Waals surface area contributed by atoms with Crippen LogP contribution in [0.15, 0.2) is 12.1 Å². The first-order valence-corrected chi connectivity index (χ1v) is 2.58. The van der Waals surface area contributed by atoms with Crippen LogP contribution in [0.3, 0.4) is 0 Å². The van der Waals surface area contributed by atoms with Crippen molar-refractivity contribution in [1.29, 1.82) is 5.26 Å². The van der Waals surface area contributed by atoms with E-state index in [2.05, 4.69) is 11.2 Å². The van der Waals surface area contributed by atoms with E-state index in [0.717, 1.165) is 5.56 Å². The molecule has 0 N–H and O–H groups in total. The van der Waals surface area contributed by atoms with E-state index in [9.17, 15) is 0 Å². The minimum atomic E-state index is 0. The summed E-state index contributed by atoms with van der Waals surface area (Å²) in [5.41, 5.74) is 1.37. The summed E-state index contributed by atoms with van der Waals surface area (Å²) in [5.74, 6) is 0. The number of hydrogen-bond donors (Lipinski definition) is 0. The minimum absolute atomic E-state index is 0. The number of rotatable bonds is 0. The summed E-state index contributed by atoms with van der Waals surface area (Å²) < 4.78 is 0. The van der Waals surface area contributed by atoms with Gasteiger partial charge in [-0.3, -0.25) is 0 Å². The van der Waals surface area contributed by atoms with Crippen molar-refractivity contribution in [2.45, 2.75) is 6.92 Å². The molecule has 0 atom stereocenters. The molecule has 0 fully saturated rings. The van der Waals surface area contributed by atoms with Crippen LogP contribution in [0.2, 0.25) is 0 Å². The second-order valence-corrected chi connectivity index (χ2v) is 1.74. The average molecular weight is 221 g/mol. The van der Waals surface area contributed by atoms with Crippen LogP contribution in [-0.4, -0.2) is 4.98 Å². The summed E-state index contributed by atoms with van der Waals surface area (Å²) in [4.78, 5) is 3.71. The van der Waals surface area contributed by atoms with Crippen LogP contribution in [0.1, 0.15) is 11.3 Å². The van der Waals surface area contributed by atoms with Gasteiger partial charge in [0.2, 0.25) is 0 Å². The van der Waals surface area contributed by atoms with Crippen molar-refractivity contribution in [3.8, 4) is 6.07 Å². The molecule has 0 aliphatic carbocycles. The molecule has 0 aliphatic heterocycles. The molecule has 0 aromatic carbocycles. The Bertz CT molecular complexity index is 235. The molecule has 11 heavy (non-hydrogen) atoms. The maximum absolute atomic E-state index is 8.30. The molecule has 1 rings (SSSR count). The Morgan fingerprint density at radius 3 is 2.55 bits per heavy atom. The van der Waals surface area contributed by atoms with Crippen LogP contribution in [0.5, 0.6) is 0 Å². The van der Waals surface area contributed by atoms with E-state index in [1.165, 1.54) is 0 Å². The molecule has 0 saturated carbocycles. The first-order chi connectivity index (χ1) is 4.33. The molecule has 55 valence electrons. The first-order valence-electron chi connectivity index (χ1n) is 2.58. The summed E-state index contributed by atoms with van der Waals surface area (Å²) in [6.07, 6.45) is 2.68. The Labute approximate surface area is 92.5 Å². The zero-order chi connectivity index (χ0) is 6.69. The summed E-state index contributed by atoms with van der Waals surface area (Å²) in [7, 11) is 0. The molecule has 0 bridgehead atoms. The first kappa shape index (κ1) is 13.3. The van der Waals surface area contributed by atoms with Crippen molar-refractivity contribution in [2.24, 2.45) is 0 Å². The second kappa shape index (κ2) is 6.45. The van der Waals surface area contributed by atoms with E-state index < -0.39 is 0 Å².